The monoisotopic (exact) mass is 368 g/mol. The van der Waals surface area contributed by atoms with Crippen molar-refractivity contribution in [2.75, 3.05) is 6.61 Å². The molecule has 3 nitrogen and oxygen atoms in total. The van der Waals surface area contributed by atoms with Crippen LogP contribution in [-0.2, 0) is 9.53 Å². The topological polar surface area (TPSA) is 35.5 Å². The Morgan fingerprint density at radius 3 is 2.65 bits per heavy atom. The first kappa shape index (κ1) is 14.6. The van der Waals surface area contributed by atoms with Gasteiger partial charge in [-0.2, -0.15) is 0 Å². The van der Waals surface area contributed by atoms with E-state index in [9.17, 15) is 4.79 Å². The third-order valence-electron chi connectivity index (χ3n) is 1.66. The fraction of sp³-hybridized carbons (Fsp3) is 0.417. The third kappa shape index (κ3) is 5.59. The van der Waals surface area contributed by atoms with Gasteiger partial charge in [-0.3, -0.25) is 0 Å². The van der Waals surface area contributed by atoms with Crippen molar-refractivity contribution < 1.29 is 14.3 Å². The van der Waals surface area contributed by atoms with Crippen molar-refractivity contribution in [2.45, 2.75) is 26.4 Å². The summed E-state index contributed by atoms with van der Waals surface area (Å²) in [6.07, 6.45) is 0. The van der Waals surface area contributed by atoms with E-state index >= 15 is 0 Å². The molecule has 1 rings (SSSR count). The summed E-state index contributed by atoms with van der Waals surface area (Å²) in [5.74, 6) is 0.0804. The van der Waals surface area contributed by atoms with Gasteiger partial charge in [0, 0.05) is 3.57 Å². The second-order valence-electron chi connectivity index (χ2n) is 4.45. The first-order chi connectivity index (χ1) is 7.78. The molecule has 0 amide bonds. The molecule has 0 N–H and O–H groups in total. The van der Waals surface area contributed by atoms with Crippen molar-refractivity contribution in [1.29, 1.82) is 0 Å². The van der Waals surface area contributed by atoms with Crippen molar-refractivity contribution in [3.8, 4) is 5.75 Å². The van der Waals surface area contributed by atoms with E-state index in [4.69, 9.17) is 21.1 Å². The van der Waals surface area contributed by atoms with E-state index in [0.717, 1.165) is 3.57 Å². The molecule has 0 aromatic heterocycles. The number of benzene rings is 1. The maximum absolute atomic E-state index is 11.4. The molecule has 0 unspecified atom stereocenters. The minimum atomic E-state index is -0.505. The molecule has 0 aliphatic rings. The van der Waals surface area contributed by atoms with E-state index in [-0.39, 0.29) is 6.61 Å². The summed E-state index contributed by atoms with van der Waals surface area (Å²) in [5.41, 5.74) is -0.505. The smallest absolute Gasteiger partial charge is 0.344 e. The van der Waals surface area contributed by atoms with E-state index in [2.05, 4.69) is 22.6 Å². The van der Waals surface area contributed by atoms with Crippen LogP contribution in [0.2, 0.25) is 5.02 Å². The minimum Gasteiger partial charge on any atom is -0.480 e. The van der Waals surface area contributed by atoms with Crippen LogP contribution in [0.4, 0.5) is 0 Å². The van der Waals surface area contributed by atoms with Gasteiger partial charge in [-0.1, -0.05) is 11.6 Å². The number of hydrogen-bond acceptors (Lipinski definition) is 3. The van der Waals surface area contributed by atoms with Crippen LogP contribution < -0.4 is 4.74 Å². The van der Waals surface area contributed by atoms with E-state index < -0.39 is 11.6 Å². The molecule has 17 heavy (non-hydrogen) atoms. The van der Waals surface area contributed by atoms with E-state index in [0.29, 0.717) is 10.8 Å². The van der Waals surface area contributed by atoms with Crippen molar-refractivity contribution in [3.63, 3.8) is 0 Å². The van der Waals surface area contributed by atoms with Crippen molar-refractivity contribution in [1.82, 2.24) is 0 Å². The Morgan fingerprint density at radius 1 is 1.41 bits per heavy atom. The molecule has 1 aromatic rings. The van der Waals surface area contributed by atoms with Gasteiger partial charge >= 0.3 is 5.97 Å². The predicted molar refractivity (Wildman–Crippen MR) is 75.5 cm³/mol. The van der Waals surface area contributed by atoms with Crippen LogP contribution in [0.5, 0.6) is 5.75 Å². The predicted octanol–water partition coefficient (Wildman–Crippen LogP) is 3.67. The first-order valence-electron chi connectivity index (χ1n) is 5.07. The quantitative estimate of drug-likeness (QED) is 0.603. The summed E-state index contributed by atoms with van der Waals surface area (Å²) in [4.78, 5) is 11.4. The maximum Gasteiger partial charge on any atom is 0.344 e. The van der Waals surface area contributed by atoms with Crippen LogP contribution in [0.1, 0.15) is 20.8 Å². The summed E-state index contributed by atoms with van der Waals surface area (Å²) in [6.45, 7) is 5.28. The average molecular weight is 369 g/mol. The molecule has 0 spiro atoms. The molecule has 0 saturated heterocycles. The number of esters is 1. The van der Waals surface area contributed by atoms with Crippen LogP contribution in [0.3, 0.4) is 0 Å². The van der Waals surface area contributed by atoms with E-state index in [1.54, 1.807) is 12.1 Å². The van der Waals surface area contributed by atoms with E-state index in [1.165, 1.54) is 0 Å². The van der Waals surface area contributed by atoms with Crippen molar-refractivity contribution in [3.05, 3.63) is 26.8 Å². The Labute approximate surface area is 120 Å². The lowest BCUT2D eigenvalue weighted by molar-refractivity contribution is -0.157. The molecule has 0 bridgehead atoms. The number of rotatable bonds is 3. The standard InChI is InChI=1S/C12H14ClIO3/c1-12(2,3)17-11(15)7-16-10-6-8(14)4-5-9(10)13/h4-6H,7H2,1-3H3. The Hall–Kier alpha value is -0.490. The van der Waals surface area contributed by atoms with Crippen molar-refractivity contribution >= 4 is 40.2 Å². The highest BCUT2D eigenvalue weighted by molar-refractivity contribution is 14.1. The fourth-order valence-corrected chi connectivity index (χ4v) is 1.73. The highest BCUT2D eigenvalue weighted by Crippen LogP contribution is 2.26. The van der Waals surface area contributed by atoms with Gasteiger partial charge in [0.1, 0.15) is 11.4 Å². The minimum absolute atomic E-state index is 0.142. The zero-order valence-corrected chi connectivity index (χ0v) is 12.8. The van der Waals surface area contributed by atoms with Gasteiger partial charge in [0.2, 0.25) is 0 Å². The molecular weight excluding hydrogens is 354 g/mol. The molecule has 0 fully saturated rings. The SMILES string of the molecule is CC(C)(C)OC(=O)COc1cc(I)ccc1Cl. The van der Waals surface area contributed by atoms with Gasteiger partial charge in [0.05, 0.1) is 5.02 Å². The lowest BCUT2D eigenvalue weighted by Gasteiger charge is -2.19. The maximum atomic E-state index is 11.4. The Balaban J connectivity index is 2.56. The molecular formula is C12H14ClIO3. The molecule has 0 aliphatic heterocycles. The van der Waals surface area contributed by atoms with Gasteiger partial charge in [0.25, 0.3) is 0 Å². The van der Waals surface area contributed by atoms with Gasteiger partial charge in [-0.25, -0.2) is 4.79 Å². The number of ether oxygens (including phenoxy) is 2. The molecule has 1 aromatic carbocycles. The molecule has 0 atom stereocenters. The van der Waals surface area contributed by atoms with Gasteiger partial charge in [-0.05, 0) is 61.6 Å². The Bertz CT molecular complexity index is 413. The number of carbonyl (C=O) groups is 1. The molecule has 0 radical (unpaired) electrons. The Kier molecular flexibility index (Phi) is 5.06. The van der Waals surface area contributed by atoms with Gasteiger partial charge in [-0.15, -0.1) is 0 Å². The van der Waals surface area contributed by atoms with Crippen molar-refractivity contribution in [2.24, 2.45) is 0 Å². The highest BCUT2D eigenvalue weighted by Gasteiger charge is 2.17. The summed E-state index contributed by atoms with van der Waals surface area (Å²) in [7, 11) is 0. The number of carbonyl (C=O) groups excluding carboxylic acids is 1. The third-order valence-corrected chi connectivity index (χ3v) is 2.64. The lowest BCUT2D eigenvalue weighted by Crippen LogP contribution is -2.27. The van der Waals surface area contributed by atoms with Gasteiger partial charge in [0.15, 0.2) is 6.61 Å². The number of halogens is 2. The van der Waals surface area contributed by atoms with Crippen LogP contribution in [0.25, 0.3) is 0 Å². The molecule has 0 heterocycles. The average Bonchev–Trinajstić information content (AvgIpc) is 2.17. The Morgan fingerprint density at radius 2 is 2.06 bits per heavy atom. The molecule has 0 saturated carbocycles. The first-order valence-corrected chi connectivity index (χ1v) is 6.53. The van der Waals surface area contributed by atoms with Crippen LogP contribution in [0, 0.1) is 3.57 Å². The largest absolute Gasteiger partial charge is 0.480 e. The zero-order chi connectivity index (χ0) is 13.1. The summed E-state index contributed by atoms with van der Waals surface area (Å²) in [5, 5.41) is 0.481. The summed E-state index contributed by atoms with van der Waals surface area (Å²) >= 11 is 8.08. The van der Waals surface area contributed by atoms with Crippen LogP contribution >= 0.6 is 34.2 Å². The van der Waals surface area contributed by atoms with Gasteiger partial charge < -0.3 is 9.47 Å². The second kappa shape index (κ2) is 5.91. The fourth-order valence-electron chi connectivity index (χ4n) is 1.10. The molecule has 0 aliphatic carbocycles. The highest BCUT2D eigenvalue weighted by atomic mass is 127. The number of hydrogen-bond donors (Lipinski definition) is 0. The molecule has 94 valence electrons. The lowest BCUT2D eigenvalue weighted by atomic mass is 10.2. The summed E-state index contributed by atoms with van der Waals surface area (Å²) < 4.78 is 11.4. The van der Waals surface area contributed by atoms with Crippen LogP contribution in [0.15, 0.2) is 18.2 Å². The van der Waals surface area contributed by atoms with E-state index in [1.807, 2.05) is 26.8 Å². The summed E-state index contributed by atoms with van der Waals surface area (Å²) in [6, 6.07) is 5.37. The second-order valence-corrected chi connectivity index (χ2v) is 6.10. The van der Waals surface area contributed by atoms with Crippen LogP contribution in [-0.4, -0.2) is 18.2 Å². The molecule has 5 heteroatoms. The zero-order valence-electron chi connectivity index (χ0n) is 9.92. The normalized spacial score (nSPS) is 11.1.